The van der Waals surface area contributed by atoms with Crippen molar-refractivity contribution in [2.75, 3.05) is 33.7 Å². The van der Waals surface area contributed by atoms with Crippen LogP contribution in [-0.4, -0.2) is 55.4 Å². The standard InChI is InChI=1S/C12H24N2O/c1-4-5-6-7-12(15)11-10-13(2)8-9-14(11)3/h11H,4-10H2,1-3H3. The molecule has 1 saturated heterocycles. The average molecular weight is 212 g/mol. The third kappa shape index (κ3) is 3.92. The van der Waals surface area contributed by atoms with Crippen LogP contribution in [0.25, 0.3) is 0 Å². The minimum atomic E-state index is 0.139. The number of ketones is 1. The number of carbonyl (C=O) groups excluding carboxylic acids is 1. The van der Waals surface area contributed by atoms with Gasteiger partial charge in [-0.15, -0.1) is 0 Å². The average Bonchev–Trinajstić information content (AvgIpc) is 2.22. The lowest BCUT2D eigenvalue weighted by atomic mass is 10.0. The summed E-state index contributed by atoms with van der Waals surface area (Å²) in [4.78, 5) is 16.4. The SMILES string of the molecule is CCCCCC(=O)C1CN(C)CCN1C. The van der Waals surface area contributed by atoms with E-state index in [2.05, 4.69) is 30.8 Å². The van der Waals surface area contributed by atoms with Gasteiger partial charge in [-0.2, -0.15) is 0 Å². The van der Waals surface area contributed by atoms with Gasteiger partial charge in [0.2, 0.25) is 0 Å². The van der Waals surface area contributed by atoms with E-state index in [-0.39, 0.29) is 6.04 Å². The number of likely N-dealkylation sites (N-methyl/N-ethyl adjacent to an activating group) is 2. The zero-order valence-electron chi connectivity index (χ0n) is 10.3. The smallest absolute Gasteiger partial charge is 0.151 e. The van der Waals surface area contributed by atoms with E-state index in [0.717, 1.165) is 32.5 Å². The van der Waals surface area contributed by atoms with Crippen molar-refractivity contribution >= 4 is 5.78 Å². The fraction of sp³-hybridized carbons (Fsp3) is 0.917. The Balaban J connectivity index is 2.35. The number of unbranched alkanes of at least 4 members (excludes halogenated alkanes) is 2. The molecule has 88 valence electrons. The van der Waals surface area contributed by atoms with Gasteiger partial charge < -0.3 is 4.90 Å². The molecule has 0 aromatic carbocycles. The number of nitrogens with zero attached hydrogens (tertiary/aromatic N) is 2. The van der Waals surface area contributed by atoms with E-state index in [1.807, 2.05) is 0 Å². The van der Waals surface area contributed by atoms with Crippen LogP contribution < -0.4 is 0 Å². The van der Waals surface area contributed by atoms with Gasteiger partial charge in [-0.1, -0.05) is 19.8 Å². The first-order valence-corrected chi connectivity index (χ1v) is 6.06. The van der Waals surface area contributed by atoms with Gasteiger partial charge in [0, 0.05) is 26.1 Å². The summed E-state index contributed by atoms with van der Waals surface area (Å²) in [5.74, 6) is 0.428. The molecule has 0 bridgehead atoms. The Hall–Kier alpha value is -0.410. The van der Waals surface area contributed by atoms with Crippen molar-refractivity contribution in [2.45, 2.75) is 38.6 Å². The van der Waals surface area contributed by atoms with Gasteiger partial charge in [0.25, 0.3) is 0 Å². The number of hydrogen-bond acceptors (Lipinski definition) is 3. The largest absolute Gasteiger partial charge is 0.303 e. The quantitative estimate of drug-likeness (QED) is 0.643. The van der Waals surface area contributed by atoms with E-state index in [1.54, 1.807) is 0 Å². The van der Waals surface area contributed by atoms with Crippen molar-refractivity contribution in [2.24, 2.45) is 0 Å². The van der Waals surface area contributed by atoms with E-state index in [4.69, 9.17) is 0 Å². The molecule has 1 rings (SSSR count). The highest BCUT2D eigenvalue weighted by Crippen LogP contribution is 2.11. The van der Waals surface area contributed by atoms with Crippen LogP contribution in [0.2, 0.25) is 0 Å². The van der Waals surface area contributed by atoms with Crippen LogP contribution in [0, 0.1) is 0 Å². The molecular formula is C12H24N2O. The van der Waals surface area contributed by atoms with Gasteiger partial charge in [-0.3, -0.25) is 9.69 Å². The molecule has 1 fully saturated rings. The number of rotatable bonds is 5. The molecule has 0 saturated carbocycles. The van der Waals surface area contributed by atoms with Crippen molar-refractivity contribution < 1.29 is 4.79 Å². The van der Waals surface area contributed by atoms with Crippen LogP contribution in [0.4, 0.5) is 0 Å². The summed E-state index contributed by atoms with van der Waals surface area (Å²) in [5, 5.41) is 0. The van der Waals surface area contributed by atoms with Gasteiger partial charge in [-0.05, 0) is 20.5 Å². The maximum Gasteiger partial charge on any atom is 0.151 e. The van der Waals surface area contributed by atoms with E-state index in [0.29, 0.717) is 5.78 Å². The summed E-state index contributed by atoms with van der Waals surface area (Å²) in [6, 6.07) is 0.139. The van der Waals surface area contributed by atoms with Crippen molar-refractivity contribution in [1.82, 2.24) is 9.80 Å². The zero-order valence-corrected chi connectivity index (χ0v) is 10.3. The van der Waals surface area contributed by atoms with Crippen molar-refractivity contribution in [3.63, 3.8) is 0 Å². The maximum atomic E-state index is 12.0. The number of Topliss-reactive ketones (excluding diaryl/α,β-unsaturated/α-hetero) is 1. The molecular weight excluding hydrogens is 188 g/mol. The van der Waals surface area contributed by atoms with Crippen LogP contribution in [0.15, 0.2) is 0 Å². The highest BCUT2D eigenvalue weighted by molar-refractivity contribution is 5.84. The topological polar surface area (TPSA) is 23.6 Å². The Kier molecular flexibility index (Phi) is 5.26. The molecule has 1 aliphatic rings. The summed E-state index contributed by atoms with van der Waals surface area (Å²) in [7, 11) is 4.16. The number of piperazine rings is 1. The molecule has 0 aromatic rings. The molecule has 0 aliphatic carbocycles. The number of carbonyl (C=O) groups is 1. The van der Waals surface area contributed by atoms with E-state index < -0.39 is 0 Å². The molecule has 1 heterocycles. The summed E-state index contributed by atoms with van der Waals surface area (Å²) in [5.41, 5.74) is 0. The normalized spacial score (nSPS) is 24.3. The molecule has 1 atom stereocenters. The Morgan fingerprint density at radius 3 is 2.67 bits per heavy atom. The summed E-state index contributed by atoms with van der Waals surface area (Å²) in [6.07, 6.45) is 4.19. The Morgan fingerprint density at radius 1 is 1.27 bits per heavy atom. The maximum absolute atomic E-state index is 12.0. The lowest BCUT2D eigenvalue weighted by molar-refractivity contribution is -0.125. The minimum Gasteiger partial charge on any atom is -0.303 e. The van der Waals surface area contributed by atoms with Crippen LogP contribution in [0.1, 0.15) is 32.6 Å². The Bertz CT molecular complexity index is 206. The van der Waals surface area contributed by atoms with Gasteiger partial charge in [0.15, 0.2) is 5.78 Å². The molecule has 15 heavy (non-hydrogen) atoms. The molecule has 0 aromatic heterocycles. The van der Waals surface area contributed by atoms with Crippen molar-refractivity contribution in [3.05, 3.63) is 0 Å². The predicted octanol–water partition coefficient (Wildman–Crippen LogP) is 1.38. The van der Waals surface area contributed by atoms with Gasteiger partial charge in [0.05, 0.1) is 6.04 Å². The predicted molar refractivity (Wildman–Crippen MR) is 63.1 cm³/mol. The molecule has 0 spiro atoms. The molecule has 1 aliphatic heterocycles. The Morgan fingerprint density at radius 2 is 2.00 bits per heavy atom. The monoisotopic (exact) mass is 212 g/mol. The summed E-state index contributed by atoms with van der Waals surface area (Å²) < 4.78 is 0. The first-order valence-electron chi connectivity index (χ1n) is 6.06. The summed E-state index contributed by atoms with van der Waals surface area (Å²) in [6.45, 7) is 5.17. The second kappa shape index (κ2) is 6.23. The molecule has 0 N–H and O–H groups in total. The van der Waals surface area contributed by atoms with Crippen molar-refractivity contribution in [1.29, 1.82) is 0 Å². The van der Waals surface area contributed by atoms with Crippen LogP contribution in [0.5, 0.6) is 0 Å². The molecule has 0 radical (unpaired) electrons. The fourth-order valence-corrected chi connectivity index (χ4v) is 2.07. The second-order valence-corrected chi connectivity index (χ2v) is 4.68. The molecule has 3 nitrogen and oxygen atoms in total. The van der Waals surface area contributed by atoms with Crippen LogP contribution >= 0.6 is 0 Å². The molecule has 1 unspecified atom stereocenters. The third-order valence-corrected chi connectivity index (χ3v) is 3.25. The lowest BCUT2D eigenvalue weighted by Crippen LogP contribution is -2.53. The highest BCUT2D eigenvalue weighted by Gasteiger charge is 2.27. The second-order valence-electron chi connectivity index (χ2n) is 4.68. The van der Waals surface area contributed by atoms with E-state index in [1.165, 1.54) is 12.8 Å². The van der Waals surface area contributed by atoms with E-state index >= 15 is 0 Å². The first kappa shape index (κ1) is 12.7. The van der Waals surface area contributed by atoms with Gasteiger partial charge in [0.1, 0.15) is 0 Å². The fourth-order valence-electron chi connectivity index (χ4n) is 2.07. The Labute approximate surface area is 93.4 Å². The molecule has 3 heteroatoms. The first-order chi connectivity index (χ1) is 7.15. The van der Waals surface area contributed by atoms with Crippen LogP contribution in [0.3, 0.4) is 0 Å². The van der Waals surface area contributed by atoms with Crippen molar-refractivity contribution in [3.8, 4) is 0 Å². The third-order valence-electron chi connectivity index (χ3n) is 3.25. The highest BCUT2D eigenvalue weighted by atomic mass is 16.1. The van der Waals surface area contributed by atoms with Gasteiger partial charge in [-0.25, -0.2) is 0 Å². The van der Waals surface area contributed by atoms with E-state index in [9.17, 15) is 4.79 Å². The lowest BCUT2D eigenvalue weighted by Gasteiger charge is -2.36. The summed E-state index contributed by atoms with van der Waals surface area (Å²) >= 11 is 0. The molecule has 0 amide bonds. The minimum absolute atomic E-state index is 0.139. The number of hydrogen-bond donors (Lipinski definition) is 0. The van der Waals surface area contributed by atoms with Crippen LogP contribution in [-0.2, 0) is 4.79 Å². The zero-order chi connectivity index (χ0) is 11.3. The van der Waals surface area contributed by atoms with Gasteiger partial charge >= 0.3 is 0 Å².